The molecule has 0 nitrogen and oxygen atoms in total. The topological polar surface area (TPSA) is 0 Å². The van der Waals surface area contributed by atoms with E-state index in [0.717, 1.165) is 49.4 Å². The number of hydrogen-bond acceptors (Lipinski definition) is 0. The zero-order valence-corrected chi connectivity index (χ0v) is 61.3. The second kappa shape index (κ2) is 48.2. The first-order chi connectivity index (χ1) is 34.2. The Morgan fingerprint density at radius 3 is 0.539 bits per heavy atom. The second-order valence-corrected chi connectivity index (χ2v) is 24.2. The summed E-state index contributed by atoms with van der Waals surface area (Å²) in [6, 6.07) is 35.8. The van der Waals surface area contributed by atoms with Crippen molar-refractivity contribution in [2.45, 2.75) is 239 Å². The molecule has 0 heterocycles. The molecule has 0 saturated heterocycles. The van der Waals surface area contributed by atoms with Crippen LogP contribution in [0.2, 0.25) is 0 Å². The predicted molar refractivity (Wildman–Crippen MR) is 327 cm³/mol. The average molecular weight is 1760 g/mol. The SMILES string of the molecule is CCc1ccccc1C(C[CH-]CC(C)C)C(C)C.CCc1ccccc1C(C[CH-]CC(C)C)C(C)C.CCc1ccccc1C(C[CH-]CC(C)C)C(C)C.CCc1ccccc1C(C[CH-]CC(C)C)C(C)C.[Pt].[Pt].[Pt].[Pt]. The van der Waals surface area contributed by atoms with E-state index in [0.29, 0.717) is 47.3 Å². The molecule has 4 aromatic carbocycles. The maximum atomic E-state index is 2.49. The van der Waals surface area contributed by atoms with Gasteiger partial charge in [-0.3, -0.25) is 0 Å². The van der Waals surface area contributed by atoms with E-state index in [2.05, 4.69) is 261 Å². The fourth-order valence-corrected chi connectivity index (χ4v) is 10.3. The largest absolute Gasteiger partial charge is 0.328 e. The second-order valence-electron chi connectivity index (χ2n) is 24.2. The Morgan fingerprint density at radius 1 is 0.250 bits per heavy atom. The maximum Gasteiger partial charge on any atom is 0 e. The van der Waals surface area contributed by atoms with Crippen LogP contribution in [0.15, 0.2) is 97.1 Å². The van der Waals surface area contributed by atoms with E-state index in [1.807, 2.05) is 0 Å². The Bertz CT molecular complexity index is 1640. The average Bonchev–Trinajstić information content (AvgIpc) is 3.34. The van der Waals surface area contributed by atoms with Gasteiger partial charge in [0.15, 0.2) is 0 Å². The molecule has 0 aliphatic heterocycles. The van der Waals surface area contributed by atoms with Crippen LogP contribution in [0.5, 0.6) is 0 Å². The van der Waals surface area contributed by atoms with Crippen LogP contribution in [-0.2, 0) is 110 Å². The summed E-state index contributed by atoms with van der Waals surface area (Å²) in [7, 11) is 0. The monoisotopic (exact) mass is 1760 g/mol. The summed E-state index contributed by atoms with van der Waals surface area (Å²) in [6.45, 7) is 46.2. The molecule has 4 atom stereocenters. The number of rotatable bonds is 28. The molecule has 0 spiro atoms. The Labute approximate surface area is 533 Å². The van der Waals surface area contributed by atoms with Crippen molar-refractivity contribution in [3.05, 3.63) is 167 Å². The van der Waals surface area contributed by atoms with Gasteiger partial charge in [-0.15, -0.1) is 0 Å². The summed E-state index contributed by atoms with van der Waals surface area (Å²) in [6.07, 6.45) is 24.3. The van der Waals surface area contributed by atoms with Crippen molar-refractivity contribution < 1.29 is 84.3 Å². The van der Waals surface area contributed by atoms with Crippen LogP contribution in [0.1, 0.15) is 258 Å². The van der Waals surface area contributed by atoms with Crippen molar-refractivity contribution in [2.75, 3.05) is 0 Å². The van der Waals surface area contributed by atoms with Crippen molar-refractivity contribution in [1.82, 2.24) is 0 Å². The van der Waals surface area contributed by atoms with E-state index >= 15 is 0 Å². The third kappa shape index (κ3) is 33.5. The Kier molecular flexibility index (Phi) is 52.1. The first kappa shape index (κ1) is 82.1. The fraction of sp³-hybridized carbons (Fsp3) is 0.611. The van der Waals surface area contributed by atoms with Gasteiger partial charge in [0.2, 0.25) is 0 Å². The van der Waals surface area contributed by atoms with E-state index in [1.165, 1.54) is 73.6 Å². The minimum Gasteiger partial charge on any atom is -0.328 e. The first-order valence-electron chi connectivity index (χ1n) is 29.8. The number of hydrogen-bond donors (Lipinski definition) is 0. The van der Waals surface area contributed by atoms with Crippen molar-refractivity contribution in [3.8, 4) is 0 Å². The molecule has 4 aromatic rings. The molecular formula is C72H116Pt4-4. The van der Waals surface area contributed by atoms with Gasteiger partial charge in [0.05, 0.1) is 0 Å². The summed E-state index contributed by atoms with van der Waals surface area (Å²) in [5, 5.41) is 0. The molecule has 4 unspecified atom stereocenters. The Morgan fingerprint density at radius 2 is 0.408 bits per heavy atom. The van der Waals surface area contributed by atoms with E-state index in [1.54, 1.807) is 22.3 Å². The third-order valence-corrected chi connectivity index (χ3v) is 14.8. The van der Waals surface area contributed by atoms with Gasteiger partial charge in [0, 0.05) is 84.3 Å². The maximum absolute atomic E-state index is 2.49. The van der Waals surface area contributed by atoms with Crippen LogP contribution < -0.4 is 0 Å². The molecule has 0 aromatic heterocycles. The van der Waals surface area contributed by atoms with E-state index < -0.39 is 0 Å². The van der Waals surface area contributed by atoms with E-state index in [4.69, 9.17) is 0 Å². The van der Waals surface area contributed by atoms with E-state index in [9.17, 15) is 0 Å². The van der Waals surface area contributed by atoms with Gasteiger partial charge in [-0.05, 0) is 118 Å². The van der Waals surface area contributed by atoms with Crippen LogP contribution in [0, 0.1) is 73.0 Å². The fourth-order valence-electron chi connectivity index (χ4n) is 10.3. The van der Waals surface area contributed by atoms with Crippen LogP contribution in [0.3, 0.4) is 0 Å². The predicted octanol–water partition coefficient (Wildman–Crippen LogP) is 22.5. The van der Waals surface area contributed by atoms with Gasteiger partial charge < -0.3 is 25.7 Å². The van der Waals surface area contributed by atoms with Gasteiger partial charge in [-0.2, -0.15) is 51.4 Å². The van der Waals surface area contributed by atoms with Crippen molar-refractivity contribution in [2.24, 2.45) is 47.3 Å². The molecule has 0 aliphatic carbocycles. The van der Waals surface area contributed by atoms with Crippen LogP contribution >= 0.6 is 0 Å². The molecule has 0 bridgehead atoms. The molecule has 0 N–H and O–H groups in total. The van der Waals surface area contributed by atoms with E-state index in [-0.39, 0.29) is 84.3 Å². The Balaban J connectivity index is -0.000000447. The van der Waals surface area contributed by atoms with Crippen molar-refractivity contribution in [3.63, 3.8) is 0 Å². The molecule has 0 fully saturated rings. The quantitative estimate of drug-likeness (QED) is 0.0497. The van der Waals surface area contributed by atoms with Gasteiger partial charge >= 0.3 is 0 Å². The van der Waals surface area contributed by atoms with Crippen molar-refractivity contribution >= 4 is 0 Å². The first-order valence-corrected chi connectivity index (χ1v) is 29.8. The summed E-state index contributed by atoms with van der Waals surface area (Å²) < 4.78 is 0. The molecule has 76 heavy (non-hydrogen) atoms. The van der Waals surface area contributed by atoms with Gasteiger partial charge in [0.1, 0.15) is 0 Å². The van der Waals surface area contributed by atoms with Crippen molar-refractivity contribution in [1.29, 1.82) is 0 Å². The third-order valence-electron chi connectivity index (χ3n) is 14.8. The summed E-state index contributed by atoms with van der Waals surface area (Å²) in [5.74, 6) is 8.67. The van der Waals surface area contributed by atoms with Gasteiger partial charge in [0.25, 0.3) is 0 Å². The molecule has 0 saturated carbocycles. The van der Waals surface area contributed by atoms with Gasteiger partial charge in [-0.1, -0.05) is 259 Å². The molecule has 448 valence electrons. The Hall–Kier alpha value is -0.367. The molecule has 4 rings (SSSR count). The summed E-state index contributed by atoms with van der Waals surface area (Å²) in [5.41, 5.74) is 12.3. The minimum absolute atomic E-state index is 0. The number of benzene rings is 4. The zero-order valence-electron chi connectivity index (χ0n) is 52.2. The summed E-state index contributed by atoms with van der Waals surface area (Å²) in [4.78, 5) is 0. The molecule has 4 heteroatoms. The zero-order chi connectivity index (χ0) is 54.2. The minimum atomic E-state index is 0. The molecule has 0 amide bonds. The number of aryl methyl sites for hydroxylation is 4. The smallest absolute Gasteiger partial charge is 0 e. The molecule has 0 radical (unpaired) electrons. The normalized spacial score (nSPS) is 12.6. The standard InChI is InChI=1S/4C18H29.4Pt/c4*1-6-16-11-7-8-12-18(16)17(15(4)5)13-9-10-14(2)3;;;;/h4*7-9,11-12,14-15,17H,6,10,13H2,1-5H3;;;;/q4*-1;;;;. The van der Waals surface area contributed by atoms with Crippen LogP contribution in [0.4, 0.5) is 0 Å². The molecule has 0 aliphatic rings. The van der Waals surface area contributed by atoms with Gasteiger partial charge in [-0.25, -0.2) is 0 Å². The molecular weight excluding hydrogens is 1650 g/mol. The summed E-state index contributed by atoms with van der Waals surface area (Å²) >= 11 is 0. The van der Waals surface area contributed by atoms with Crippen LogP contribution in [0.25, 0.3) is 0 Å². The van der Waals surface area contributed by atoms with Crippen LogP contribution in [-0.4, -0.2) is 0 Å².